The van der Waals surface area contributed by atoms with Crippen molar-refractivity contribution >= 4 is 19.2 Å². The van der Waals surface area contributed by atoms with Gasteiger partial charge in [0.15, 0.2) is 0 Å². The summed E-state index contributed by atoms with van der Waals surface area (Å²) in [5.74, 6) is 1.98. The van der Waals surface area contributed by atoms with Crippen LogP contribution in [0.4, 0.5) is 0 Å². The van der Waals surface area contributed by atoms with Crippen LogP contribution in [0, 0.1) is 12.8 Å². The molecule has 1 N–H and O–H groups in total. The predicted octanol–water partition coefficient (Wildman–Crippen LogP) is 5.72. The van der Waals surface area contributed by atoms with E-state index in [1.54, 1.807) is 13.0 Å². The minimum atomic E-state index is -3.25. The zero-order chi connectivity index (χ0) is 17.9. The van der Waals surface area contributed by atoms with E-state index in [4.69, 9.17) is 6.15 Å². The average molecular weight is 432 g/mol. The van der Waals surface area contributed by atoms with Crippen molar-refractivity contribution in [2.24, 2.45) is 5.92 Å². The van der Waals surface area contributed by atoms with E-state index in [1.165, 1.54) is 0 Å². The van der Waals surface area contributed by atoms with Crippen molar-refractivity contribution in [3.05, 3.63) is 30.6 Å². The van der Waals surface area contributed by atoms with Gasteiger partial charge < -0.3 is 0 Å². The molecule has 0 radical (unpaired) electrons. The van der Waals surface area contributed by atoms with Crippen LogP contribution in [0.25, 0.3) is 0 Å². The van der Waals surface area contributed by atoms with Crippen LogP contribution in [-0.2, 0) is 6.15 Å². The first-order valence-electron chi connectivity index (χ1n) is 9.00. The predicted molar refractivity (Wildman–Crippen MR) is 101 cm³/mol. The molecule has 0 aromatic carbocycles. The van der Waals surface area contributed by atoms with Gasteiger partial charge in [-0.05, 0) is 0 Å². The Hall–Kier alpha value is -0.291. The Morgan fingerprint density at radius 3 is 1.78 bits per heavy atom. The molecule has 0 aromatic heterocycles. The molecule has 4 heteroatoms. The fourth-order valence-electron chi connectivity index (χ4n) is 2.64. The van der Waals surface area contributed by atoms with Crippen molar-refractivity contribution in [2.45, 2.75) is 82.2 Å². The number of hydrogen-bond donors (Lipinski definition) is 1. The summed E-state index contributed by atoms with van der Waals surface area (Å²) < 4.78 is 15.0. The zero-order valence-electron chi connectivity index (χ0n) is 16.0. The van der Waals surface area contributed by atoms with Crippen LogP contribution in [0.5, 0.6) is 0 Å². The molecule has 134 valence electrons. The molecule has 0 aromatic rings. The third kappa shape index (κ3) is 11.0. The molecule has 23 heavy (non-hydrogen) atoms. The van der Waals surface area contributed by atoms with Gasteiger partial charge in [-0.15, -0.1) is 0 Å². The topological polar surface area (TPSA) is 38.7 Å². The number of allylic oxidation sites excluding steroid dienone is 3. The summed E-state index contributed by atoms with van der Waals surface area (Å²) in [4.78, 5) is 0. The molecule has 0 aliphatic carbocycles. The Balaban J connectivity index is 5.38. The average Bonchev–Trinajstić information content (AvgIpc) is 2.40. The van der Waals surface area contributed by atoms with Crippen molar-refractivity contribution in [3.8, 4) is 0 Å². The third-order valence-electron chi connectivity index (χ3n) is 3.51. The quantitative estimate of drug-likeness (QED) is 0.244. The van der Waals surface area contributed by atoms with E-state index < -0.39 is 25.3 Å². The molecule has 0 amide bonds. The molecule has 0 saturated heterocycles. The Labute approximate surface area is 149 Å². The third-order valence-corrected chi connectivity index (χ3v) is 13.8. The van der Waals surface area contributed by atoms with E-state index >= 15 is 0 Å². The van der Waals surface area contributed by atoms with Crippen molar-refractivity contribution in [3.63, 3.8) is 0 Å². The van der Waals surface area contributed by atoms with Gasteiger partial charge in [-0.3, -0.25) is 0 Å². The van der Waals surface area contributed by atoms with Crippen LogP contribution in [0.1, 0.15) is 67.2 Å². The SMILES string of the molecule is [CH2+]C(C)C=C(C)[O][Sn]([CH2]CCC)([CH2]CCC)[O]C(C)=CC(C)O. The molecular weight excluding hydrogens is 395 g/mol. The fourth-order valence-corrected chi connectivity index (χ4v) is 13.5. The number of hydrogen-bond acceptors (Lipinski definition) is 3. The van der Waals surface area contributed by atoms with Gasteiger partial charge in [-0.25, -0.2) is 0 Å². The van der Waals surface area contributed by atoms with Gasteiger partial charge in [0.2, 0.25) is 0 Å². The first kappa shape index (κ1) is 22.7. The number of aliphatic hydroxyl groups is 1. The molecule has 0 heterocycles. The summed E-state index contributed by atoms with van der Waals surface area (Å²) >= 11 is -3.25. The van der Waals surface area contributed by atoms with Crippen LogP contribution >= 0.6 is 0 Å². The number of aliphatic hydroxyl groups excluding tert-OH is 1. The van der Waals surface area contributed by atoms with E-state index in [0.29, 0.717) is 0 Å². The van der Waals surface area contributed by atoms with E-state index in [-0.39, 0.29) is 5.92 Å². The number of rotatable bonds is 12. The molecule has 0 spiro atoms. The molecule has 0 fully saturated rings. The molecule has 2 unspecified atom stereocenters. The first-order chi connectivity index (χ1) is 10.7. The van der Waals surface area contributed by atoms with Crippen LogP contribution in [0.3, 0.4) is 0 Å². The Bertz CT molecular complexity index is 337. The summed E-state index contributed by atoms with van der Waals surface area (Å²) in [5.41, 5.74) is 0. The number of unbranched alkanes of at least 4 members (excludes halogenated alkanes) is 2. The maximum absolute atomic E-state index is 9.58. The van der Waals surface area contributed by atoms with E-state index in [0.717, 1.165) is 46.1 Å². The summed E-state index contributed by atoms with van der Waals surface area (Å²) in [6, 6.07) is 0. The second-order valence-corrected chi connectivity index (χ2v) is 15.8. The van der Waals surface area contributed by atoms with Crippen molar-refractivity contribution < 1.29 is 11.3 Å². The van der Waals surface area contributed by atoms with Gasteiger partial charge in [0.05, 0.1) is 0 Å². The Morgan fingerprint density at radius 1 is 1.00 bits per heavy atom. The summed E-state index contributed by atoms with van der Waals surface area (Å²) in [6.07, 6.45) is 7.91. The van der Waals surface area contributed by atoms with Gasteiger partial charge in [0.1, 0.15) is 0 Å². The van der Waals surface area contributed by atoms with Gasteiger partial charge in [-0.1, -0.05) is 0 Å². The molecular formula is C19H37O3Sn+. The normalized spacial score (nSPS) is 16.1. The maximum atomic E-state index is 9.58. The van der Waals surface area contributed by atoms with Gasteiger partial charge in [-0.2, -0.15) is 0 Å². The molecule has 0 aliphatic rings. The second kappa shape index (κ2) is 12.1. The molecule has 2 atom stereocenters. The Kier molecular flexibility index (Phi) is 12.0. The van der Waals surface area contributed by atoms with Crippen LogP contribution < -0.4 is 0 Å². The fraction of sp³-hybridized carbons (Fsp3) is 0.737. The molecule has 0 rings (SSSR count). The second-order valence-electron chi connectivity index (χ2n) is 6.59. The van der Waals surface area contributed by atoms with E-state index in [2.05, 4.69) is 33.8 Å². The van der Waals surface area contributed by atoms with Crippen molar-refractivity contribution in [1.82, 2.24) is 0 Å². The van der Waals surface area contributed by atoms with Crippen LogP contribution in [0.15, 0.2) is 23.7 Å². The monoisotopic (exact) mass is 433 g/mol. The van der Waals surface area contributed by atoms with Gasteiger partial charge in [0, 0.05) is 0 Å². The minimum absolute atomic E-state index is 0.227. The molecule has 0 aliphatic heterocycles. The van der Waals surface area contributed by atoms with Crippen molar-refractivity contribution in [1.29, 1.82) is 0 Å². The van der Waals surface area contributed by atoms with Crippen LogP contribution in [-0.4, -0.2) is 30.4 Å². The standard InChI is InChI=1S/C6H10O.C5H10O2.2C4H9.Sn/c1-5(2)4-6(3)7;1-4(6)3-5(2)7;2*1-3-4-2;/h4-5H,1H2,2-3H3;3-4,6-7H,1-2H3;2*1,3-4H2,2H3;/q;;;;+2/p-1. The van der Waals surface area contributed by atoms with Crippen molar-refractivity contribution in [2.75, 3.05) is 0 Å². The first-order valence-corrected chi connectivity index (χ1v) is 15.4. The molecule has 0 saturated carbocycles. The zero-order valence-corrected chi connectivity index (χ0v) is 18.9. The van der Waals surface area contributed by atoms with E-state index in [1.807, 2.05) is 13.8 Å². The van der Waals surface area contributed by atoms with Crippen LogP contribution in [0.2, 0.25) is 8.87 Å². The Morgan fingerprint density at radius 2 is 1.43 bits per heavy atom. The molecule has 3 nitrogen and oxygen atoms in total. The summed E-state index contributed by atoms with van der Waals surface area (Å²) in [7, 11) is 0. The van der Waals surface area contributed by atoms with E-state index in [9.17, 15) is 5.11 Å². The summed E-state index contributed by atoms with van der Waals surface area (Å²) in [6.45, 7) is 16.2. The van der Waals surface area contributed by atoms with Gasteiger partial charge >= 0.3 is 149 Å². The van der Waals surface area contributed by atoms with Gasteiger partial charge in [0.25, 0.3) is 0 Å². The molecule has 0 bridgehead atoms. The summed E-state index contributed by atoms with van der Waals surface area (Å²) in [5, 5.41) is 9.58.